The molecule has 0 unspecified atom stereocenters. The molecule has 5 rings (SSSR count). The molecule has 0 aliphatic carbocycles. The lowest BCUT2D eigenvalue weighted by Gasteiger charge is -2.34. The predicted octanol–water partition coefficient (Wildman–Crippen LogP) is 1.04. The average Bonchev–Trinajstić information content (AvgIpc) is 3.55. The van der Waals surface area contributed by atoms with Crippen molar-refractivity contribution in [3.63, 3.8) is 0 Å². The van der Waals surface area contributed by atoms with Gasteiger partial charge in [-0.25, -0.2) is 9.50 Å². The summed E-state index contributed by atoms with van der Waals surface area (Å²) < 4.78 is 3.24. The first kappa shape index (κ1) is 22.3. The lowest BCUT2D eigenvalue weighted by atomic mass is 9.99. The first-order chi connectivity index (χ1) is 16.4. The Morgan fingerprint density at radius 3 is 2.71 bits per heavy atom. The number of hydrogen-bond donors (Lipinski definition) is 2. The van der Waals surface area contributed by atoms with Gasteiger partial charge in [0.15, 0.2) is 11.3 Å². The Hall–Kier alpha value is -3.47. The molecule has 3 aromatic heterocycles. The quantitative estimate of drug-likeness (QED) is 0.589. The van der Waals surface area contributed by atoms with E-state index < -0.39 is 0 Å². The van der Waals surface area contributed by atoms with Crippen molar-refractivity contribution in [2.75, 3.05) is 31.6 Å². The molecule has 0 aromatic carbocycles. The van der Waals surface area contributed by atoms with Gasteiger partial charge in [0.2, 0.25) is 0 Å². The molecule has 0 saturated carbocycles. The van der Waals surface area contributed by atoms with Crippen LogP contribution in [0.2, 0.25) is 0 Å². The zero-order valence-electron chi connectivity index (χ0n) is 19.9. The molecule has 2 aliphatic heterocycles. The molecule has 5 heterocycles. The number of rotatable bonds is 4. The largest absolute Gasteiger partial charge is 0.355 e. The molecule has 0 bridgehead atoms. The summed E-state index contributed by atoms with van der Waals surface area (Å²) in [6, 6.07) is 3.53. The molecule has 2 fully saturated rings. The van der Waals surface area contributed by atoms with Gasteiger partial charge in [-0.1, -0.05) is 0 Å². The highest BCUT2D eigenvalue weighted by Gasteiger charge is 2.33. The summed E-state index contributed by atoms with van der Waals surface area (Å²) in [5.74, 6) is 0.475. The third-order valence-electron chi connectivity index (χ3n) is 6.81. The number of fused-ring (bicyclic) bond motifs is 1. The van der Waals surface area contributed by atoms with Gasteiger partial charge >= 0.3 is 0 Å². The van der Waals surface area contributed by atoms with Crippen LogP contribution in [-0.4, -0.2) is 73.8 Å². The van der Waals surface area contributed by atoms with Crippen molar-refractivity contribution in [3.05, 3.63) is 41.0 Å². The summed E-state index contributed by atoms with van der Waals surface area (Å²) in [6.07, 6.45) is 5.70. The average molecular weight is 466 g/mol. The smallest absolute Gasteiger partial charge is 0.274 e. The third-order valence-corrected chi connectivity index (χ3v) is 6.81. The van der Waals surface area contributed by atoms with Crippen LogP contribution >= 0.6 is 0 Å². The number of anilines is 1. The summed E-state index contributed by atoms with van der Waals surface area (Å²) in [6.45, 7) is 4.36. The molecule has 2 amide bonds. The summed E-state index contributed by atoms with van der Waals surface area (Å²) in [5.41, 5.74) is 9.33. The van der Waals surface area contributed by atoms with Gasteiger partial charge in [-0.15, -0.1) is 0 Å². The number of nitrogens with zero attached hydrogens (tertiary/aromatic N) is 7. The van der Waals surface area contributed by atoms with Gasteiger partial charge in [0.25, 0.3) is 11.8 Å². The van der Waals surface area contributed by atoms with Crippen molar-refractivity contribution in [1.29, 1.82) is 0 Å². The maximum atomic E-state index is 13.4. The minimum atomic E-state index is -0.277. The van der Waals surface area contributed by atoms with Crippen LogP contribution in [0.4, 0.5) is 5.82 Å². The standard InChI is InChI=1S/C23H31N9O2/c1-14-12-32-20(26-21(14)30-9-7-15(24)13-30)11-16(28-32)18-6-4-5-8-31(18)23(34)17-10-19(22(33)25-2)29(3)27-17/h10-12,15,18H,4-9,13,24H2,1-3H3,(H,25,33)/t15-,18-/m0/s1. The molecule has 3 N–H and O–H groups in total. The number of nitrogens with two attached hydrogens (primary N) is 1. The Kier molecular flexibility index (Phi) is 5.72. The second kappa shape index (κ2) is 8.71. The topological polar surface area (TPSA) is 127 Å². The fourth-order valence-corrected chi connectivity index (χ4v) is 5.02. The van der Waals surface area contributed by atoms with Crippen molar-refractivity contribution in [2.24, 2.45) is 12.8 Å². The molecule has 0 radical (unpaired) electrons. The van der Waals surface area contributed by atoms with Crippen molar-refractivity contribution >= 4 is 23.3 Å². The van der Waals surface area contributed by atoms with Crippen LogP contribution < -0.4 is 16.0 Å². The SMILES string of the molecule is CNC(=O)c1cc(C(=O)N2CCCC[C@H]2c2cc3nc(N4CC[C@H](N)C4)c(C)cn3n2)nn1C. The van der Waals surface area contributed by atoms with Gasteiger partial charge in [-0.2, -0.15) is 10.2 Å². The molecular formula is C23H31N9O2. The lowest BCUT2D eigenvalue weighted by Crippen LogP contribution is -2.39. The zero-order chi connectivity index (χ0) is 24.0. The Morgan fingerprint density at radius 2 is 1.97 bits per heavy atom. The van der Waals surface area contributed by atoms with Gasteiger partial charge in [-0.05, 0) is 32.6 Å². The summed E-state index contributed by atoms with van der Waals surface area (Å²) in [5, 5.41) is 11.7. The van der Waals surface area contributed by atoms with E-state index in [9.17, 15) is 9.59 Å². The molecule has 2 aliphatic rings. The molecule has 2 saturated heterocycles. The van der Waals surface area contributed by atoms with E-state index in [1.807, 2.05) is 24.1 Å². The number of carbonyl (C=O) groups excluding carboxylic acids is 2. The monoisotopic (exact) mass is 465 g/mol. The van der Waals surface area contributed by atoms with E-state index in [0.29, 0.717) is 12.2 Å². The molecule has 3 aromatic rings. The second-order valence-electron chi connectivity index (χ2n) is 9.24. The number of amides is 2. The van der Waals surface area contributed by atoms with E-state index >= 15 is 0 Å². The van der Waals surface area contributed by atoms with Crippen LogP contribution in [0.1, 0.15) is 64.0 Å². The van der Waals surface area contributed by atoms with Crippen molar-refractivity contribution < 1.29 is 9.59 Å². The Bertz CT molecular complexity index is 1250. The lowest BCUT2D eigenvalue weighted by molar-refractivity contribution is 0.0598. The predicted molar refractivity (Wildman–Crippen MR) is 127 cm³/mol. The van der Waals surface area contributed by atoms with Crippen LogP contribution in [0, 0.1) is 6.92 Å². The maximum absolute atomic E-state index is 13.4. The second-order valence-corrected chi connectivity index (χ2v) is 9.24. The first-order valence-electron chi connectivity index (χ1n) is 11.8. The number of likely N-dealkylation sites (tertiary alicyclic amines) is 1. The number of aromatic nitrogens is 5. The minimum absolute atomic E-state index is 0.169. The van der Waals surface area contributed by atoms with E-state index in [-0.39, 0.29) is 29.6 Å². The number of nitrogens with one attached hydrogen (secondary N) is 1. The van der Waals surface area contributed by atoms with Crippen LogP contribution in [0.25, 0.3) is 5.65 Å². The van der Waals surface area contributed by atoms with Crippen molar-refractivity contribution in [1.82, 2.24) is 34.6 Å². The van der Waals surface area contributed by atoms with Crippen molar-refractivity contribution in [3.8, 4) is 0 Å². The summed E-state index contributed by atoms with van der Waals surface area (Å²) in [7, 11) is 3.22. The molecule has 180 valence electrons. The van der Waals surface area contributed by atoms with Gasteiger partial charge in [-0.3, -0.25) is 14.3 Å². The molecule has 2 atom stereocenters. The van der Waals surface area contributed by atoms with E-state index in [1.165, 1.54) is 4.68 Å². The summed E-state index contributed by atoms with van der Waals surface area (Å²) in [4.78, 5) is 34.5. The van der Waals surface area contributed by atoms with Gasteiger partial charge in [0, 0.05) is 63.7 Å². The van der Waals surface area contributed by atoms with Gasteiger partial charge in [0.1, 0.15) is 11.5 Å². The molecular weight excluding hydrogens is 434 g/mol. The number of piperidine rings is 1. The number of hydrogen-bond acceptors (Lipinski definition) is 7. The molecule has 11 heteroatoms. The highest BCUT2D eigenvalue weighted by molar-refractivity contribution is 5.98. The third kappa shape index (κ3) is 3.89. The highest BCUT2D eigenvalue weighted by atomic mass is 16.2. The zero-order valence-corrected chi connectivity index (χ0v) is 19.9. The molecule has 0 spiro atoms. The van der Waals surface area contributed by atoms with Crippen LogP contribution in [-0.2, 0) is 7.05 Å². The summed E-state index contributed by atoms with van der Waals surface area (Å²) >= 11 is 0. The minimum Gasteiger partial charge on any atom is -0.355 e. The Labute approximate surface area is 197 Å². The Morgan fingerprint density at radius 1 is 1.15 bits per heavy atom. The maximum Gasteiger partial charge on any atom is 0.274 e. The van der Waals surface area contributed by atoms with Crippen LogP contribution in [0.3, 0.4) is 0 Å². The van der Waals surface area contributed by atoms with Gasteiger partial charge < -0.3 is 20.9 Å². The normalized spacial score (nSPS) is 20.8. The highest BCUT2D eigenvalue weighted by Crippen LogP contribution is 2.32. The molecule has 11 nitrogen and oxygen atoms in total. The van der Waals surface area contributed by atoms with Crippen molar-refractivity contribution in [2.45, 2.75) is 44.7 Å². The van der Waals surface area contributed by atoms with E-state index in [0.717, 1.165) is 61.5 Å². The fourth-order valence-electron chi connectivity index (χ4n) is 5.02. The molecule has 34 heavy (non-hydrogen) atoms. The van der Waals surface area contributed by atoms with Gasteiger partial charge in [0.05, 0.1) is 11.7 Å². The van der Waals surface area contributed by atoms with E-state index in [1.54, 1.807) is 24.7 Å². The first-order valence-corrected chi connectivity index (χ1v) is 11.8. The fraction of sp³-hybridized carbons (Fsp3) is 0.522. The van der Waals surface area contributed by atoms with E-state index in [4.69, 9.17) is 15.8 Å². The van der Waals surface area contributed by atoms with Crippen LogP contribution in [0.5, 0.6) is 0 Å². The Balaban J connectivity index is 1.45. The number of carbonyl (C=O) groups is 2. The van der Waals surface area contributed by atoms with Crippen LogP contribution in [0.15, 0.2) is 18.3 Å². The number of aryl methyl sites for hydroxylation is 2. The van der Waals surface area contributed by atoms with E-state index in [2.05, 4.69) is 15.3 Å².